The lowest BCUT2D eigenvalue weighted by Crippen LogP contribution is -2.37. The number of aromatic hydroxyl groups is 1. The van der Waals surface area contributed by atoms with Crippen LogP contribution in [-0.2, 0) is 0 Å². The van der Waals surface area contributed by atoms with Gasteiger partial charge >= 0.3 is 0 Å². The number of amides is 1. The molecule has 7 heteroatoms. The van der Waals surface area contributed by atoms with Crippen molar-refractivity contribution in [3.8, 4) is 5.75 Å². The summed E-state index contributed by atoms with van der Waals surface area (Å²) in [4.78, 5) is 24.9. The summed E-state index contributed by atoms with van der Waals surface area (Å²) < 4.78 is 0. The van der Waals surface area contributed by atoms with Gasteiger partial charge < -0.3 is 10.4 Å². The van der Waals surface area contributed by atoms with Gasteiger partial charge in [-0.15, -0.1) is 0 Å². The van der Waals surface area contributed by atoms with Gasteiger partial charge in [-0.2, -0.15) is 0 Å². The molecule has 1 unspecified atom stereocenters. The fourth-order valence-corrected chi connectivity index (χ4v) is 2.80. The van der Waals surface area contributed by atoms with Crippen molar-refractivity contribution in [1.29, 1.82) is 0 Å². The second kappa shape index (κ2) is 5.33. The predicted octanol–water partition coefficient (Wildman–Crippen LogP) is 1.27. The molecular weight excluding hydrogens is 274 g/mol. The highest BCUT2D eigenvalue weighted by Gasteiger charge is 2.35. The van der Waals surface area contributed by atoms with Crippen molar-refractivity contribution in [2.45, 2.75) is 31.3 Å². The second-order valence-electron chi connectivity index (χ2n) is 5.64. The number of phenolic OH excluding ortho intramolecular Hbond substituents is 1. The van der Waals surface area contributed by atoms with Crippen molar-refractivity contribution in [2.24, 2.45) is 0 Å². The number of benzene rings is 1. The van der Waals surface area contributed by atoms with E-state index in [-0.39, 0.29) is 23.0 Å². The number of rotatable bonds is 4. The van der Waals surface area contributed by atoms with Gasteiger partial charge in [-0.05, 0) is 31.4 Å². The minimum atomic E-state index is -0.612. The first-order valence-corrected chi connectivity index (χ1v) is 7.07. The number of hydrogen-bond donors (Lipinski definition) is 2. The molecule has 3 rings (SSSR count). The van der Waals surface area contributed by atoms with E-state index in [1.54, 1.807) is 0 Å². The molecule has 0 aromatic heterocycles. The van der Waals surface area contributed by atoms with Crippen molar-refractivity contribution < 1.29 is 14.8 Å². The minimum absolute atomic E-state index is 0.0139. The van der Waals surface area contributed by atoms with E-state index in [0.29, 0.717) is 6.04 Å². The molecule has 2 fully saturated rings. The third-order valence-electron chi connectivity index (χ3n) is 4.04. The zero-order valence-electron chi connectivity index (χ0n) is 11.5. The van der Waals surface area contributed by atoms with Crippen molar-refractivity contribution in [3.63, 3.8) is 0 Å². The number of phenols is 1. The average molecular weight is 291 g/mol. The molecule has 0 radical (unpaired) electrons. The van der Waals surface area contributed by atoms with Gasteiger partial charge in [0, 0.05) is 31.2 Å². The Morgan fingerprint density at radius 1 is 1.38 bits per heavy atom. The maximum Gasteiger partial charge on any atom is 0.282 e. The lowest BCUT2D eigenvalue weighted by atomic mass is 10.1. The van der Waals surface area contributed by atoms with E-state index in [1.807, 2.05) is 0 Å². The van der Waals surface area contributed by atoms with Gasteiger partial charge in [-0.1, -0.05) is 0 Å². The molecular formula is C14H17N3O4. The molecule has 1 atom stereocenters. The van der Waals surface area contributed by atoms with Crippen LogP contribution in [0.5, 0.6) is 5.75 Å². The summed E-state index contributed by atoms with van der Waals surface area (Å²) in [5.41, 5.74) is -0.382. The fourth-order valence-electron chi connectivity index (χ4n) is 2.80. The largest absolute Gasteiger partial charge is 0.508 e. The molecule has 2 aliphatic rings. The fraction of sp³-hybridized carbons (Fsp3) is 0.500. The van der Waals surface area contributed by atoms with Crippen molar-refractivity contribution in [2.75, 3.05) is 13.1 Å². The molecule has 0 bridgehead atoms. The Hall–Kier alpha value is -2.15. The van der Waals surface area contributed by atoms with Crippen LogP contribution in [0.1, 0.15) is 29.6 Å². The monoisotopic (exact) mass is 291 g/mol. The van der Waals surface area contributed by atoms with E-state index in [0.717, 1.165) is 31.6 Å². The number of nitro benzene ring substituents is 1. The van der Waals surface area contributed by atoms with E-state index in [9.17, 15) is 20.0 Å². The molecule has 1 aromatic carbocycles. The highest BCUT2D eigenvalue weighted by Crippen LogP contribution is 2.30. The first-order chi connectivity index (χ1) is 10.0. The first-order valence-electron chi connectivity index (χ1n) is 7.07. The predicted molar refractivity (Wildman–Crippen MR) is 75.2 cm³/mol. The number of carbonyl (C=O) groups excluding carboxylic acids is 1. The Balaban J connectivity index is 1.70. The lowest BCUT2D eigenvalue weighted by molar-refractivity contribution is -0.385. The molecule has 1 aromatic rings. The SMILES string of the molecule is O=C(NC1CCN(C2CC2)C1)c1cc(O)ccc1[N+](=O)[O-]. The highest BCUT2D eigenvalue weighted by molar-refractivity contribution is 5.98. The zero-order valence-corrected chi connectivity index (χ0v) is 11.5. The number of hydrogen-bond acceptors (Lipinski definition) is 5. The van der Waals surface area contributed by atoms with Crippen molar-refractivity contribution in [1.82, 2.24) is 10.2 Å². The molecule has 21 heavy (non-hydrogen) atoms. The van der Waals surface area contributed by atoms with Crippen LogP contribution in [0.3, 0.4) is 0 Å². The summed E-state index contributed by atoms with van der Waals surface area (Å²) in [7, 11) is 0. The molecule has 7 nitrogen and oxygen atoms in total. The molecule has 2 N–H and O–H groups in total. The van der Waals surface area contributed by atoms with E-state index in [2.05, 4.69) is 10.2 Å². The van der Waals surface area contributed by atoms with Gasteiger partial charge in [-0.3, -0.25) is 19.8 Å². The Labute approximate surface area is 121 Å². The molecule has 1 aliphatic heterocycles. The number of nitrogens with one attached hydrogen (secondary N) is 1. The molecule has 1 heterocycles. The standard InChI is InChI=1S/C14H17N3O4/c18-11-3-4-13(17(20)21)12(7-11)14(19)15-9-5-6-16(8-9)10-1-2-10/h3-4,7,9-10,18H,1-2,5-6,8H2,(H,15,19). The van der Waals surface area contributed by atoms with Gasteiger partial charge in [0.15, 0.2) is 0 Å². The van der Waals surface area contributed by atoms with Crippen LogP contribution in [0.15, 0.2) is 18.2 Å². The van der Waals surface area contributed by atoms with Crippen LogP contribution in [0.2, 0.25) is 0 Å². The molecule has 112 valence electrons. The van der Waals surface area contributed by atoms with Crippen LogP contribution in [-0.4, -0.2) is 46.0 Å². The van der Waals surface area contributed by atoms with Crippen LogP contribution in [0.25, 0.3) is 0 Å². The van der Waals surface area contributed by atoms with E-state index < -0.39 is 10.8 Å². The van der Waals surface area contributed by atoms with E-state index in [4.69, 9.17) is 0 Å². The van der Waals surface area contributed by atoms with Gasteiger partial charge in [0.1, 0.15) is 11.3 Å². The van der Waals surface area contributed by atoms with E-state index >= 15 is 0 Å². The summed E-state index contributed by atoms with van der Waals surface area (Å²) in [5, 5.41) is 23.2. The minimum Gasteiger partial charge on any atom is -0.508 e. The van der Waals surface area contributed by atoms with Crippen LogP contribution in [0, 0.1) is 10.1 Å². The number of nitro groups is 1. The third-order valence-corrected chi connectivity index (χ3v) is 4.04. The normalized spacial score (nSPS) is 22.2. The number of likely N-dealkylation sites (tertiary alicyclic amines) is 1. The molecule has 1 amide bonds. The Morgan fingerprint density at radius 3 is 2.81 bits per heavy atom. The molecule has 0 spiro atoms. The number of nitrogens with zero attached hydrogens (tertiary/aromatic N) is 2. The van der Waals surface area contributed by atoms with Gasteiger partial charge in [-0.25, -0.2) is 0 Å². The zero-order chi connectivity index (χ0) is 15.0. The van der Waals surface area contributed by atoms with Gasteiger partial charge in [0.2, 0.25) is 0 Å². The maximum absolute atomic E-state index is 12.2. The Morgan fingerprint density at radius 2 is 2.14 bits per heavy atom. The quantitative estimate of drug-likeness (QED) is 0.643. The third kappa shape index (κ3) is 2.97. The van der Waals surface area contributed by atoms with Crippen LogP contribution >= 0.6 is 0 Å². The summed E-state index contributed by atoms with van der Waals surface area (Å²) in [5.74, 6) is -0.656. The Bertz CT molecular complexity index is 586. The molecule has 1 saturated carbocycles. The van der Waals surface area contributed by atoms with E-state index in [1.165, 1.54) is 18.9 Å². The van der Waals surface area contributed by atoms with Gasteiger partial charge in [0.25, 0.3) is 11.6 Å². The number of carbonyl (C=O) groups is 1. The summed E-state index contributed by atoms with van der Waals surface area (Å²) in [6.07, 6.45) is 3.30. The van der Waals surface area contributed by atoms with Crippen LogP contribution in [0.4, 0.5) is 5.69 Å². The lowest BCUT2D eigenvalue weighted by Gasteiger charge is -2.15. The summed E-state index contributed by atoms with van der Waals surface area (Å²) in [6.45, 7) is 1.75. The molecule has 1 saturated heterocycles. The summed E-state index contributed by atoms with van der Waals surface area (Å²) >= 11 is 0. The first kappa shape index (κ1) is 13.8. The summed E-state index contributed by atoms with van der Waals surface area (Å²) in [6, 6.07) is 4.16. The highest BCUT2D eigenvalue weighted by atomic mass is 16.6. The Kier molecular flexibility index (Phi) is 3.50. The molecule has 1 aliphatic carbocycles. The van der Waals surface area contributed by atoms with Gasteiger partial charge in [0.05, 0.1) is 4.92 Å². The average Bonchev–Trinajstić information content (AvgIpc) is 3.19. The smallest absolute Gasteiger partial charge is 0.282 e. The van der Waals surface area contributed by atoms with Crippen molar-refractivity contribution in [3.05, 3.63) is 33.9 Å². The topological polar surface area (TPSA) is 95.7 Å². The maximum atomic E-state index is 12.2. The van der Waals surface area contributed by atoms with Crippen molar-refractivity contribution >= 4 is 11.6 Å². The van der Waals surface area contributed by atoms with Crippen LogP contribution < -0.4 is 5.32 Å². The second-order valence-corrected chi connectivity index (χ2v) is 5.64.